The maximum Gasteiger partial charge on any atom is 0.272 e. The van der Waals surface area contributed by atoms with Crippen LogP contribution in [0.4, 0.5) is 15.9 Å². The number of pyridine rings is 1. The number of fused-ring (bicyclic) bond motifs is 1. The Hall–Kier alpha value is -3.59. The molecule has 34 heavy (non-hydrogen) atoms. The summed E-state index contributed by atoms with van der Waals surface area (Å²) < 4.78 is 18.0. The van der Waals surface area contributed by atoms with Crippen LogP contribution in [0.3, 0.4) is 0 Å². The Labute approximate surface area is 197 Å². The van der Waals surface area contributed by atoms with E-state index in [9.17, 15) is 9.18 Å². The summed E-state index contributed by atoms with van der Waals surface area (Å²) in [5, 5.41) is 6.54. The molecule has 0 radical (unpaired) electrons. The van der Waals surface area contributed by atoms with Gasteiger partial charge in [0.05, 0.1) is 17.3 Å². The van der Waals surface area contributed by atoms with Crippen molar-refractivity contribution >= 4 is 24.2 Å². The number of guanidine groups is 1. The Morgan fingerprint density at radius 3 is 2.71 bits per heavy atom. The van der Waals surface area contributed by atoms with Crippen molar-refractivity contribution in [1.82, 2.24) is 19.7 Å². The third-order valence-electron chi connectivity index (χ3n) is 6.19. The van der Waals surface area contributed by atoms with E-state index in [2.05, 4.69) is 39.5 Å². The van der Waals surface area contributed by atoms with Crippen LogP contribution in [-0.4, -0.2) is 27.0 Å². The zero-order chi connectivity index (χ0) is 24.0. The Kier molecular flexibility index (Phi) is 5.44. The highest BCUT2D eigenvalue weighted by molar-refractivity contribution is 5.98. The lowest BCUT2D eigenvalue weighted by atomic mass is 10.1. The number of aromatic nitrogens is 3. The molecule has 5 rings (SSSR count). The average molecular weight is 462 g/mol. The van der Waals surface area contributed by atoms with Gasteiger partial charge >= 0.3 is 0 Å². The van der Waals surface area contributed by atoms with Crippen LogP contribution in [0.2, 0.25) is 0 Å². The highest BCUT2D eigenvalue weighted by Crippen LogP contribution is 2.37. The molecular formula is C25H28FN7O. The molecule has 2 aliphatic rings. The number of alkyl halides is 1. The second-order valence-corrected chi connectivity index (χ2v) is 9.30. The van der Waals surface area contributed by atoms with Gasteiger partial charge in [0.2, 0.25) is 5.96 Å². The molecule has 3 aromatic rings. The molecule has 9 heteroatoms. The lowest BCUT2D eigenvalue weighted by Crippen LogP contribution is -2.23. The first-order valence-electron chi connectivity index (χ1n) is 11.4. The standard InChI is InChI=1S/C25H28FN7O/c1-15-22(31-24(27-4)29-18-9-8-16-13-28-14-17(16)12-18)33(32(23(15)34)19-10-11-19)21-7-5-6-20(30-21)25(2,3)26/h5-9,12,19,28H,4,10-11,13-14H2,1-3H3,(H,29,31). The zero-order valence-corrected chi connectivity index (χ0v) is 19.6. The molecule has 8 nitrogen and oxygen atoms in total. The van der Waals surface area contributed by atoms with Gasteiger partial charge in [-0.1, -0.05) is 12.1 Å². The van der Waals surface area contributed by atoms with Gasteiger partial charge in [-0.25, -0.2) is 23.7 Å². The number of hydrogen-bond donors (Lipinski definition) is 2. The SMILES string of the molecule is C=N/C(=N\c1c(C)c(=O)n(C2CC2)n1-c1cccc(C(C)(C)F)n1)Nc1ccc2c(c1)CNC2. The van der Waals surface area contributed by atoms with Gasteiger partial charge in [-0.3, -0.25) is 4.79 Å². The van der Waals surface area contributed by atoms with E-state index in [0.717, 1.165) is 31.6 Å². The van der Waals surface area contributed by atoms with Gasteiger partial charge in [0.15, 0.2) is 11.6 Å². The summed E-state index contributed by atoms with van der Waals surface area (Å²) >= 11 is 0. The monoisotopic (exact) mass is 461 g/mol. The van der Waals surface area contributed by atoms with E-state index in [0.29, 0.717) is 17.2 Å². The Bertz CT molecular complexity index is 1360. The maximum absolute atomic E-state index is 14.7. The highest BCUT2D eigenvalue weighted by atomic mass is 19.1. The average Bonchev–Trinajstić information content (AvgIpc) is 3.49. The minimum absolute atomic E-state index is 0.0660. The van der Waals surface area contributed by atoms with Crippen molar-refractivity contribution in [2.24, 2.45) is 9.98 Å². The minimum Gasteiger partial charge on any atom is -0.324 e. The van der Waals surface area contributed by atoms with Crippen LogP contribution in [0, 0.1) is 6.92 Å². The van der Waals surface area contributed by atoms with Gasteiger partial charge in [0.1, 0.15) is 5.67 Å². The molecule has 0 atom stereocenters. The fourth-order valence-electron chi connectivity index (χ4n) is 4.19. The first-order valence-corrected chi connectivity index (χ1v) is 11.4. The number of nitrogens with one attached hydrogen (secondary N) is 2. The summed E-state index contributed by atoms with van der Waals surface area (Å²) in [6.07, 6.45) is 1.80. The van der Waals surface area contributed by atoms with Crippen molar-refractivity contribution in [3.63, 3.8) is 0 Å². The van der Waals surface area contributed by atoms with Gasteiger partial charge in [-0.2, -0.15) is 4.99 Å². The Morgan fingerprint density at radius 1 is 1.24 bits per heavy atom. The number of halogens is 1. The summed E-state index contributed by atoms with van der Waals surface area (Å²) in [4.78, 5) is 26.5. The molecular weight excluding hydrogens is 433 g/mol. The van der Waals surface area contributed by atoms with Crippen LogP contribution in [-0.2, 0) is 18.8 Å². The van der Waals surface area contributed by atoms with Crippen LogP contribution in [0.15, 0.2) is 51.2 Å². The molecule has 0 saturated heterocycles. The van der Waals surface area contributed by atoms with E-state index in [1.165, 1.54) is 25.0 Å². The Morgan fingerprint density at radius 2 is 2.00 bits per heavy atom. The van der Waals surface area contributed by atoms with E-state index in [4.69, 9.17) is 4.99 Å². The first kappa shape index (κ1) is 22.2. The van der Waals surface area contributed by atoms with Crippen molar-refractivity contribution < 1.29 is 4.39 Å². The fraction of sp³-hybridized carbons (Fsp3) is 0.360. The molecule has 1 saturated carbocycles. The van der Waals surface area contributed by atoms with Gasteiger partial charge in [0, 0.05) is 18.8 Å². The molecule has 1 aromatic carbocycles. The van der Waals surface area contributed by atoms with Gasteiger partial charge in [-0.15, -0.1) is 0 Å². The lowest BCUT2D eigenvalue weighted by molar-refractivity contribution is 0.214. The summed E-state index contributed by atoms with van der Waals surface area (Å²) in [5.74, 6) is 1.10. The molecule has 1 aliphatic heterocycles. The normalized spacial score (nSPS) is 15.9. The second kappa shape index (κ2) is 8.32. The summed E-state index contributed by atoms with van der Waals surface area (Å²) in [6, 6.07) is 11.3. The van der Waals surface area contributed by atoms with Crippen molar-refractivity contribution in [1.29, 1.82) is 0 Å². The second-order valence-electron chi connectivity index (χ2n) is 9.30. The highest BCUT2D eigenvalue weighted by Gasteiger charge is 2.32. The van der Waals surface area contributed by atoms with Crippen LogP contribution >= 0.6 is 0 Å². The predicted octanol–water partition coefficient (Wildman–Crippen LogP) is 4.29. The summed E-state index contributed by atoms with van der Waals surface area (Å²) in [5.41, 5.74) is 2.32. The number of aliphatic imine (C=N–C) groups is 2. The van der Waals surface area contributed by atoms with Crippen molar-refractivity contribution in [2.75, 3.05) is 5.32 Å². The number of nitrogens with zero attached hydrogens (tertiary/aromatic N) is 5. The zero-order valence-electron chi connectivity index (χ0n) is 19.6. The molecule has 0 amide bonds. The molecule has 2 aromatic heterocycles. The van der Waals surface area contributed by atoms with Crippen LogP contribution in [0.25, 0.3) is 5.82 Å². The van der Waals surface area contributed by atoms with Crippen LogP contribution < -0.4 is 16.2 Å². The molecule has 0 spiro atoms. The minimum atomic E-state index is -1.62. The van der Waals surface area contributed by atoms with E-state index < -0.39 is 5.67 Å². The molecule has 2 N–H and O–H groups in total. The van der Waals surface area contributed by atoms with Crippen LogP contribution in [0.1, 0.15) is 55.1 Å². The van der Waals surface area contributed by atoms with Gasteiger partial charge in [-0.05, 0) is 75.7 Å². The number of rotatable bonds is 5. The molecule has 0 bridgehead atoms. The Balaban J connectivity index is 1.61. The molecule has 3 heterocycles. The fourth-order valence-corrected chi connectivity index (χ4v) is 4.19. The van der Waals surface area contributed by atoms with E-state index in [-0.39, 0.29) is 23.3 Å². The number of hydrogen-bond acceptors (Lipinski definition) is 4. The van der Waals surface area contributed by atoms with E-state index in [1.54, 1.807) is 34.5 Å². The maximum atomic E-state index is 14.7. The van der Waals surface area contributed by atoms with E-state index >= 15 is 0 Å². The van der Waals surface area contributed by atoms with Crippen molar-refractivity contribution in [2.45, 2.75) is 58.4 Å². The van der Waals surface area contributed by atoms with E-state index in [1.807, 2.05) is 6.07 Å². The predicted molar refractivity (Wildman–Crippen MR) is 132 cm³/mol. The molecule has 176 valence electrons. The molecule has 0 unspecified atom stereocenters. The molecule has 1 fully saturated rings. The van der Waals surface area contributed by atoms with Crippen LogP contribution in [0.5, 0.6) is 0 Å². The smallest absolute Gasteiger partial charge is 0.272 e. The third kappa shape index (κ3) is 4.07. The van der Waals surface area contributed by atoms with Crippen molar-refractivity contribution in [3.8, 4) is 5.82 Å². The topological polar surface area (TPSA) is 88.6 Å². The number of anilines is 1. The quantitative estimate of drug-likeness (QED) is 0.438. The summed E-state index contributed by atoms with van der Waals surface area (Å²) in [6.45, 7) is 10.00. The first-order chi connectivity index (χ1) is 16.3. The molecule has 1 aliphatic carbocycles. The lowest BCUT2D eigenvalue weighted by Gasteiger charge is -2.17. The number of benzene rings is 1. The van der Waals surface area contributed by atoms with Gasteiger partial charge < -0.3 is 10.6 Å². The van der Waals surface area contributed by atoms with Crippen molar-refractivity contribution in [3.05, 3.63) is 69.1 Å². The van der Waals surface area contributed by atoms with Gasteiger partial charge in [0.25, 0.3) is 5.56 Å². The summed E-state index contributed by atoms with van der Waals surface area (Å²) in [7, 11) is 0. The largest absolute Gasteiger partial charge is 0.324 e. The third-order valence-corrected chi connectivity index (χ3v) is 6.19.